The molecule has 0 saturated carbocycles. The number of methoxy groups -OCH3 is 1. The zero-order chi connectivity index (χ0) is 31.4. The highest BCUT2D eigenvalue weighted by Crippen LogP contribution is 2.12. The lowest BCUT2D eigenvalue weighted by molar-refractivity contribution is -0.141. The topological polar surface area (TPSA) is 156 Å². The van der Waals surface area contributed by atoms with Crippen LogP contribution in [0.4, 0.5) is 0 Å². The van der Waals surface area contributed by atoms with Crippen LogP contribution in [0.25, 0.3) is 0 Å². The molecule has 0 fully saturated rings. The van der Waals surface area contributed by atoms with Crippen molar-refractivity contribution in [3.05, 3.63) is 95.8 Å². The Bertz CT molecular complexity index is 1410. The van der Waals surface area contributed by atoms with Crippen molar-refractivity contribution in [2.45, 2.75) is 51.9 Å². The first-order valence-electron chi connectivity index (χ1n) is 13.9. The van der Waals surface area contributed by atoms with Crippen LogP contribution in [-0.2, 0) is 32.1 Å². The van der Waals surface area contributed by atoms with E-state index in [9.17, 15) is 24.0 Å². The smallest absolute Gasteiger partial charge is 0.289 e. The number of Topliss-reactive ketones (excluding diaryl/α,β-unsaturated/α-hetero) is 1. The van der Waals surface area contributed by atoms with E-state index >= 15 is 0 Å². The maximum absolute atomic E-state index is 13.3. The summed E-state index contributed by atoms with van der Waals surface area (Å²) in [5.74, 6) is -3.16. The number of ketones is 1. The standard InChI is InChI=1S/C32H37N5O6/c1-20(2)27(28(38)32(42)34-19-23-11-8-12-25(17-23)43-4)37-29(39)21(3)35-31(41)26(18-22-9-6-5-7-10-22)36-30(40)24-13-15-33-16-14-24/h5-17,20-21,26-27H,18-19H2,1-4H3,(H,34,42)(H,35,41)(H,36,40)(H,37,39)/t21-,26-,27-/m0/s1. The Morgan fingerprint density at radius 3 is 2.12 bits per heavy atom. The van der Waals surface area contributed by atoms with Crippen LogP contribution in [0.3, 0.4) is 0 Å². The van der Waals surface area contributed by atoms with E-state index in [0.29, 0.717) is 11.3 Å². The van der Waals surface area contributed by atoms with Gasteiger partial charge in [-0.25, -0.2) is 0 Å². The summed E-state index contributed by atoms with van der Waals surface area (Å²) in [5, 5.41) is 10.5. The van der Waals surface area contributed by atoms with Crippen molar-refractivity contribution in [2.24, 2.45) is 5.92 Å². The molecule has 43 heavy (non-hydrogen) atoms. The second kappa shape index (κ2) is 15.8. The van der Waals surface area contributed by atoms with E-state index in [0.717, 1.165) is 11.1 Å². The van der Waals surface area contributed by atoms with Crippen LogP contribution < -0.4 is 26.0 Å². The molecule has 0 radical (unpaired) electrons. The summed E-state index contributed by atoms with van der Waals surface area (Å²) in [6.07, 6.45) is 3.12. The zero-order valence-electron chi connectivity index (χ0n) is 24.6. The second-order valence-electron chi connectivity index (χ2n) is 10.3. The quantitative estimate of drug-likeness (QED) is 0.210. The molecule has 3 atom stereocenters. The molecule has 4 amide bonds. The third-order valence-corrected chi connectivity index (χ3v) is 6.66. The van der Waals surface area contributed by atoms with Crippen molar-refractivity contribution in [3.63, 3.8) is 0 Å². The molecule has 0 aliphatic rings. The molecule has 0 unspecified atom stereocenters. The first kappa shape index (κ1) is 32.5. The first-order valence-corrected chi connectivity index (χ1v) is 13.9. The molecule has 3 rings (SSSR count). The lowest BCUT2D eigenvalue weighted by atomic mass is 9.98. The fraction of sp³-hybridized carbons (Fsp3) is 0.312. The normalized spacial score (nSPS) is 12.8. The van der Waals surface area contributed by atoms with Gasteiger partial charge in [-0.2, -0.15) is 0 Å². The Kier molecular flexibility index (Phi) is 11.9. The van der Waals surface area contributed by atoms with E-state index in [1.165, 1.54) is 38.6 Å². The van der Waals surface area contributed by atoms with Crippen molar-refractivity contribution in [1.29, 1.82) is 0 Å². The van der Waals surface area contributed by atoms with E-state index in [2.05, 4.69) is 26.3 Å². The molecule has 11 nitrogen and oxygen atoms in total. The minimum Gasteiger partial charge on any atom is -0.497 e. The van der Waals surface area contributed by atoms with Gasteiger partial charge < -0.3 is 26.0 Å². The Morgan fingerprint density at radius 1 is 0.791 bits per heavy atom. The Balaban J connectivity index is 1.64. The van der Waals surface area contributed by atoms with Crippen LogP contribution in [0.15, 0.2) is 79.1 Å². The van der Waals surface area contributed by atoms with Gasteiger partial charge in [-0.1, -0.05) is 56.3 Å². The molecule has 2 aromatic carbocycles. The number of rotatable bonds is 14. The number of benzene rings is 2. The highest BCUT2D eigenvalue weighted by molar-refractivity contribution is 6.38. The van der Waals surface area contributed by atoms with Gasteiger partial charge in [-0.15, -0.1) is 0 Å². The fourth-order valence-electron chi connectivity index (χ4n) is 4.19. The molecular weight excluding hydrogens is 550 g/mol. The summed E-state index contributed by atoms with van der Waals surface area (Å²) in [6, 6.07) is 16.0. The molecule has 226 valence electrons. The average Bonchev–Trinajstić information content (AvgIpc) is 3.02. The van der Waals surface area contributed by atoms with E-state index in [1.54, 1.807) is 38.1 Å². The minimum absolute atomic E-state index is 0.0982. The van der Waals surface area contributed by atoms with Gasteiger partial charge in [0.15, 0.2) is 0 Å². The Morgan fingerprint density at radius 2 is 1.47 bits per heavy atom. The molecule has 4 N–H and O–H groups in total. The van der Waals surface area contributed by atoms with Crippen molar-refractivity contribution in [2.75, 3.05) is 7.11 Å². The van der Waals surface area contributed by atoms with Crippen LogP contribution in [0.2, 0.25) is 0 Å². The molecule has 11 heteroatoms. The number of ether oxygens (including phenoxy) is 1. The van der Waals surface area contributed by atoms with Crippen LogP contribution in [0, 0.1) is 5.92 Å². The van der Waals surface area contributed by atoms with Crippen molar-refractivity contribution in [1.82, 2.24) is 26.3 Å². The van der Waals surface area contributed by atoms with Gasteiger partial charge in [-0.3, -0.25) is 29.0 Å². The highest BCUT2D eigenvalue weighted by Gasteiger charge is 2.32. The van der Waals surface area contributed by atoms with E-state index < -0.39 is 53.5 Å². The number of hydrogen-bond donors (Lipinski definition) is 4. The number of hydrogen-bond acceptors (Lipinski definition) is 7. The lowest BCUT2D eigenvalue weighted by Gasteiger charge is -2.25. The molecule has 0 aliphatic carbocycles. The van der Waals surface area contributed by atoms with Crippen molar-refractivity contribution < 1.29 is 28.7 Å². The third kappa shape index (κ3) is 9.77. The van der Waals surface area contributed by atoms with E-state index in [1.807, 2.05) is 30.3 Å². The molecular formula is C32H37N5O6. The first-order chi connectivity index (χ1) is 20.6. The maximum Gasteiger partial charge on any atom is 0.289 e. The lowest BCUT2D eigenvalue weighted by Crippen LogP contribution is -2.57. The summed E-state index contributed by atoms with van der Waals surface area (Å²) < 4.78 is 5.18. The fourth-order valence-corrected chi connectivity index (χ4v) is 4.19. The van der Waals surface area contributed by atoms with Crippen LogP contribution >= 0.6 is 0 Å². The maximum atomic E-state index is 13.3. The second-order valence-corrected chi connectivity index (χ2v) is 10.3. The van der Waals surface area contributed by atoms with Gasteiger partial charge in [-0.05, 0) is 48.2 Å². The molecule has 0 bridgehead atoms. The highest BCUT2D eigenvalue weighted by atomic mass is 16.5. The minimum atomic E-state index is -1.12. The average molecular weight is 588 g/mol. The molecule has 0 spiro atoms. The van der Waals surface area contributed by atoms with Crippen LogP contribution in [0.5, 0.6) is 5.75 Å². The van der Waals surface area contributed by atoms with Gasteiger partial charge in [0.1, 0.15) is 17.8 Å². The monoisotopic (exact) mass is 587 g/mol. The summed E-state index contributed by atoms with van der Waals surface area (Å²) in [4.78, 5) is 68.8. The van der Waals surface area contributed by atoms with Gasteiger partial charge in [0.2, 0.25) is 17.6 Å². The summed E-state index contributed by atoms with van der Waals surface area (Å²) in [6.45, 7) is 4.96. The van der Waals surface area contributed by atoms with Gasteiger partial charge >= 0.3 is 0 Å². The predicted molar refractivity (Wildman–Crippen MR) is 160 cm³/mol. The number of carbonyl (C=O) groups excluding carboxylic acids is 5. The van der Waals surface area contributed by atoms with Crippen LogP contribution in [-0.4, -0.2) is 59.6 Å². The van der Waals surface area contributed by atoms with Gasteiger partial charge in [0.05, 0.1) is 13.2 Å². The summed E-state index contributed by atoms with van der Waals surface area (Å²) in [7, 11) is 1.53. The molecule has 0 saturated heterocycles. The van der Waals surface area contributed by atoms with E-state index in [-0.39, 0.29) is 13.0 Å². The number of carbonyl (C=O) groups is 5. The number of nitrogens with zero attached hydrogens (tertiary/aromatic N) is 1. The summed E-state index contributed by atoms with van der Waals surface area (Å²) >= 11 is 0. The largest absolute Gasteiger partial charge is 0.497 e. The van der Waals surface area contributed by atoms with Gasteiger partial charge in [0.25, 0.3) is 11.8 Å². The molecule has 1 heterocycles. The Labute approximate surface area is 250 Å². The zero-order valence-corrected chi connectivity index (χ0v) is 24.6. The number of amides is 4. The SMILES string of the molecule is COc1cccc(CNC(=O)C(=O)[C@@H](NC(=O)[C@H](C)NC(=O)[C@H](Cc2ccccc2)NC(=O)c2ccncc2)C(C)C)c1. The molecule has 1 aromatic heterocycles. The number of nitrogens with one attached hydrogen (secondary N) is 4. The van der Waals surface area contributed by atoms with Crippen molar-refractivity contribution in [3.8, 4) is 5.75 Å². The van der Waals surface area contributed by atoms with E-state index in [4.69, 9.17) is 4.74 Å². The van der Waals surface area contributed by atoms with Crippen LogP contribution in [0.1, 0.15) is 42.3 Å². The predicted octanol–water partition coefficient (Wildman–Crippen LogP) is 1.96. The van der Waals surface area contributed by atoms with Crippen molar-refractivity contribution >= 4 is 29.4 Å². The number of aromatic nitrogens is 1. The molecule has 0 aliphatic heterocycles. The molecule has 3 aromatic rings. The third-order valence-electron chi connectivity index (χ3n) is 6.66. The Hall–Kier alpha value is -5.06. The van der Waals surface area contributed by atoms with Gasteiger partial charge in [0, 0.05) is 30.9 Å². The summed E-state index contributed by atoms with van der Waals surface area (Å²) in [5.41, 5.74) is 1.87. The number of pyridine rings is 1.